The summed E-state index contributed by atoms with van der Waals surface area (Å²) in [5.41, 5.74) is 8.05. The lowest BCUT2D eigenvalue weighted by atomic mass is 10.0. The van der Waals surface area contributed by atoms with Crippen LogP contribution in [0.5, 0.6) is 5.75 Å². The van der Waals surface area contributed by atoms with E-state index >= 15 is 0 Å². The molecule has 1 atom stereocenters. The summed E-state index contributed by atoms with van der Waals surface area (Å²) < 4.78 is 0. The molecule has 1 aromatic rings. The predicted molar refractivity (Wildman–Crippen MR) is 51.6 cm³/mol. The van der Waals surface area contributed by atoms with E-state index < -0.39 is 6.04 Å². The molecule has 0 saturated heterocycles. The van der Waals surface area contributed by atoms with Crippen LogP contribution in [0.25, 0.3) is 0 Å². The first-order valence-electron chi connectivity index (χ1n) is 4.23. The quantitative estimate of drug-likeness (QED) is 0.637. The third kappa shape index (κ3) is 1.82. The Morgan fingerprint density at radius 2 is 2.00 bits per heavy atom. The summed E-state index contributed by atoms with van der Waals surface area (Å²) in [6, 6.07) is 3.14. The third-order valence-electron chi connectivity index (χ3n) is 2.33. The number of aryl methyl sites for hydroxylation is 1. The largest absolute Gasteiger partial charge is 0.507 e. The van der Waals surface area contributed by atoms with E-state index in [2.05, 4.69) is 0 Å². The lowest BCUT2D eigenvalue weighted by Crippen LogP contribution is -2.14. The predicted octanol–water partition coefficient (Wildman–Crippen LogP) is 1.00. The van der Waals surface area contributed by atoms with Crippen molar-refractivity contribution in [2.24, 2.45) is 5.73 Å². The zero-order valence-electron chi connectivity index (χ0n) is 7.91. The van der Waals surface area contributed by atoms with Crippen LogP contribution in [0.1, 0.15) is 22.7 Å². The molecule has 0 spiro atoms. The molecule has 0 aliphatic heterocycles. The number of aliphatic hydroxyl groups excluding tert-OH is 1. The molecular weight excluding hydrogens is 166 g/mol. The second-order valence-electron chi connectivity index (χ2n) is 3.23. The average molecular weight is 181 g/mol. The topological polar surface area (TPSA) is 66.5 Å². The molecule has 0 bridgehead atoms. The van der Waals surface area contributed by atoms with E-state index in [0.717, 1.165) is 11.1 Å². The Bertz CT molecular complexity index is 310. The molecule has 1 rings (SSSR count). The highest BCUT2D eigenvalue weighted by Gasteiger charge is 2.12. The molecule has 72 valence electrons. The van der Waals surface area contributed by atoms with Gasteiger partial charge in [0, 0.05) is 5.56 Å². The first-order valence-corrected chi connectivity index (χ1v) is 4.23. The van der Waals surface area contributed by atoms with Crippen molar-refractivity contribution in [1.29, 1.82) is 0 Å². The SMILES string of the molecule is Cc1ccc([C@H](N)CO)c(O)c1C. The summed E-state index contributed by atoms with van der Waals surface area (Å²) in [5.74, 6) is 0.196. The first-order chi connectivity index (χ1) is 6.07. The van der Waals surface area contributed by atoms with Gasteiger partial charge in [-0.05, 0) is 25.0 Å². The molecule has 0 radical (unpaired) electrons. The van der Waals surface area contributed by atoms with Crippen LogP contribution in [0.2, 0.25) is 0 Å². The number of nitrogens with two attached hydrogens (primary N) is 1. The molecule has 4 N–H and O–H groups in total. The number of phenols is 1. The lowest BCUT2D eigenvalue weighted by Gasteiger charge is -2.13. The first kappa shape index (κ1) is 10.0. The fourth-order valence-corrected chi connectivity index (χ4v) is 1.22. The van der Waals surface area contributed by atoms with Crippen LogP contribution >= 0.6 is 0 Å². The molecule has 0 saturated carbocycles. The molecule has 0 aliphatic rings. The Morgan fingerprint density at radius 1 is 1.38 bits per heavy atom. The highest BCUT2D eigenvalue weighted by molar-refractivity contribution is 5.45. The van der Waals surface area contributed by atoms with Crippen LogP contribution in [0.4, 0.5) is 0 Å². The molecule has 0 unspecified atom stereocenters. The van der Waals surface area contributed by atoms with Crippen LogP contribution in [0, 0.1) is 13.8 Å². The van der Waals surface area contributed by atoms with Gasteiger partial charge in [0.15, 0.2) is 0 Å². The second-order valence-corrected chi connectivity index (χ2v) is 3.23. The van der Waals surface area contributed by atoms with Gasteiger partial charge in [-0.25, -0.2) is 0 Å². The van der Waals surface area contributed by atoms with Gasteiger partial charge in [-0.1, -0.05) is 12.1 Å². The second kappa shape index (κ2) is 3.77. The van der Waals surface area contributed by atoms with Crippen molar-refractivity contribution in [2.75, 3.05) is 6.61 Å². The number of rotatable bonds is 2. The molecular formula is C10H15NO2. The molecule has 13 heavy (non-hydrogen) atoms. The van der Waals surface area contributed by atoms with E-state index in [9.17, 15) is 5.11 Å². The Labute approximate surface area is 77.8 Å². The summed E-state index contributed by atoms with van der Waals surface area (Å²) in [4.78, 5) is 0. The van der Waals surface area contributed by atoms with E-state index in [1.807, 2.05) is 19.9 Å². The molecule has 0 amide bonds. The molecule has 0 aromatic heterocycles. The van der Waals surface area contributed by atoms with E-state index in [-0.39, 0.29) is 12.4 Å². The van der Waals surface area contributed by atoms with Crippen molar-refractivity contribution in [3.05, 3.63) is 28.8 Å². The maximum Gasteiger partial charge on any atom is 0.123 e. The zero-order chi connectivity index (χ0) is 10.0. The lowest BCUT2D eigenvalue weighted by molar-refractivity contribution is 0.265. The van der Waals surface area contributed by atoms with Gasteiger partial charge in [-0.2, -0.15) is 0 Å². The van der Waals surface area contributed by atoms with Crippen molar-refractivity contribution in [1.82, 2.24) is 0 Å². The smallest absolute Gasteiger partial charge is 0.123 e. The van der Waals surface area contributed by atoms with Crippen LogP contribution in [0.3, 0.4) is 0 Å². The van der Waals surface area contributed by atoms with Crippen molar-refractivity contribution in [3.8, 4) is 5.75 Å². The van der Waals surface area contributed by atoms with Crippen molar-refractivity contribution >= 4 is 0 Å². The highest BCUT2D eigenvalue weighted by Crippen LogP contribution is 2.28. The maximum atomic E-state index is 9.69. The molecule has 3 heteroatoms. The molecule has 0 aliphatic carbocycles. The minimum Gasteiger partial charge on any atom is -0.507 e. The summed E-state index contributed by atoms with van der Waals surface area (Å²) in [5, 5.41) is 18.5. The standard InChI is InChI=1S/C10H15NO2/c1-6-3-4-8(9(11)5-12)10(13)7(6)2/h3-4,9,12-13H,5,11H2,1-2H3/t9-/m1/s1. The molecule has 3 nitrogen and oxygen atoms in total. The fraction of sp³-hybridized carbons (Fsp3) is 0.400. The summed E-state index contributed by atoms with van der Waals surface area (Å²) in [7, 11) is 0. The Morgan fingerprint density at radius 3 is 2.54 bits per heavy atom. The van der Waals surface area contributed by atoms with Gasteiger partial charge < -0.3 is 15.9 Å². The van der Waals surface area contributed by atoms with Crippen molar-refractivity contribution in [2.45, 2.75) is 19.9 Å². The van der Waals surface area contributed by atoms with Crippen molar-refractivity contribution < 1.29 is 10.2 Å². The van der Waals surface area contributed by atoms with Crippen molar-refractivity contribution in [3.63, 3.8) is 0 Å². The van der Waals surface area contributed by atoms with Crippen LogP contribution in [0.15, 0.2) is 12.1 Å². The van der Waals surface area contributed by atoms with E-state index in [1.54, 1.807) is 6.07 Å². The van der Waals surface area contributed by atoms with Gasteiger partial charge >= 0.3 is 0 Å². The van der Waals surface area contributed by atoms with Crippen LogP contribution in [-0.2, 0) is 0 Å². The fourth-order valence-electron chi connectivity index (χ4n) is 1.22. The minimum atomic E-state index is -0.501. The Balaban J connectivity index is 3.18. The summed E-state index contributed by atoms with van der Waals surface area (Å²) in [6.07, 6.45) is 0. The normalized spacial score (nSPS) is 12.9. The summed E-state index contributed by atoms with van der Waals surface area (Å²) >= 11 is 0. The van der Waals surface area contributed by atoms with Gasteiger partial charge in [0.25, 0.3) is 0 Å². The third-order valence-corrected chi connectivity index (χ3v) is 2.33. The number of hydrogen-bond donors (Lipinski definition) is 3. The maximum absolute atomic E-state index is 9.69. The van der Waals surface area contributed by atoms with E-state index in [1.165, 1.54) is 0 Å². The van der Waals surface area contributed by atoms with E-state index in [4.69, 9.17) is 10.8 Å². The highest BCUT2D eigenvalue weighted by atomic mass is 16.3. The molecule has 0 fully saturated rings. The van der Waals surface area contributed by atoms with Crippen LogP contribution < -0.4 is 5.73 Å². The number of hydrogen-bond acceptors (Lipinski definition) is 3. The Kier molecular flexibility index (Phi) is 2.90. The Hall–Kier alpha value is -1.06. The van der Waals surface area contributed by atoms with E-state index in [0.29, 0.717) is 5.56 Å². The summed E-state index contributed by atoms with van der Waals surface area (Å²) in [6.45, 7) is 3.59. The van der Waals surface area contributed by atoms with Gasteiger partial charge in [0.05, 0.1) is 12.6 Å². The molecule has 1 aromatic carbocycles. The monoisotopic (exact) mass is 181 g/mol. The van der Waals surface area contributed by atoms with Gasteiger partial charge in [0.2, 0.25) is 0 Å². The number of phenolic OH excluding ortho intramolecular Hbond substituents is 1. The van der Waals surface area contributed by atoms with Crippen LogP contribution in [-0.4, -0.2) is 16.8 Å². The van der Waals surface area contributed by atoms with Gasteiger partial charge in [-0.3, -0.25) is 0 Å². The molecule has 0 heterocycles. The minimum absolute atomic E-state index is 0.157. The number of aliphatic hydroxyl groups is 1. The number of aromatic hydroxyl groups is 1. The van der Waals surface area contributed by atoms with Gasteiger partial charge in [0.1, 0.15) is 5.75 Å². The number of benzene rings is 1. The average Bonchev–Trinajstić information content (AvgIpc) is 2.13. The van der Waals surface area contributed by atoms with Gasteiger partial charge in [-0.15, -0.1) is 0 Å². The zero-order valence-corrected chi connectivity index (χ0v) is 7.91.